The Morgan fingerprint density at radius 2 is 2.18 bits per heavy atom. The molecule has 1 atom stereocenters. The molecule has 0 aliphatic heterocycles. The molecule has 0 aromatic heterocycles. The maximum atomic E-state index is 10.7. The van der Waals surface area contributed by atoms with E-state index in [0.717, 1.165) is 12.2 Å². The van der Waals surface area contributed by atoms with E-state index < -0.39 is 5.54 Å². The molecule has 68 valence electrons. The zero-order valence-electron chi connectivity index (χ0n) is 6.89. The van der Waals surface area contributed by atoms with Gasteiger partial charge in [0, 0.05) is 6.42 Å². The lowest BCUT2D eigenvalue weighted by molar-refractivity contribution is -0.451. The van der Waals surface area contributed by atoms with Crippen molar-refractivity contribution >= 4 is 17.7 Å². The number of primary amides is 1. The molecule has 0 saturated heterocycles. The second-order valence-corrected chi connectivity index (χ2v) is 3.65. The van der Waals surface area contributed by atoms with Gasteiger partial charge in [-0.05, 0) is 18.9 Å². The molecule has 5 N–H and O–H groups in total. The lowest BCUT2D eigenvalue weighted by Crippen LogP contribution is -3.00. The van der Waals surface area contributed by atoms with E-state index in [2.05, 4.69) is 5.73 Å². The Kier molecular flexibility index (Phi) is 7.05. The first-order chi connectivity index (χ1) is 4.50. The topological polar surface area (TPSA) is 70.7 Å². The Balaban J connectivity index is 0. The van der Waals surface area contributed by atoms with Crippen molar-refractivity contribution in [3.05, 3.63) is 0 Å². The van der Waals surface area contributed by atoms with Crippen molar-refractivity contribution in [3.63, 3.8) is 0 Å². The number of rotatable bonds is 4. The van der Waals surface area contributed by atoms with Gasteiger partial charge in [0.2, 0.25) is 0 Å². The van der Waals surface area contributed by atoms with Crippen LogP contribution in [0, 0.1) is 0 Å². The first-order valence-electron chi connectivity index (χ1n) is 3.15. The molecule has 0 heterocycles. The van der Waals surface area contributed by atoms with Gasteiger partial charge >= 0.3 is 0 Å². The largest absolute Gasteiger partial charge is 1.00 e. The minimum absolute atomic E-state index is 0. The van der Waals surface area contributed by atoms with Gasteiger partial charge in [-0.15, -0.1) is 0 Å². The van der Waals surface area contributed by atoms with Gasteiger partial charge in [0.1, 0.15) is 0 Å². The van der Waals surface area contributed by atoms with Crippen molar-refractivity contribution in [2.24, 2.45) is 5.73 Å². The lowest BCUT2D eigenvalue weighted by Gasteiger charge is -2.14. The summed E-state index contributed by atoms with van der Waals surface area (Å²) in [5.41, 5.74) is 8.24. The molecule has 0 aromatic carbocycles. The normalized spacial score (nSPS) is 14.8. The van der Waals surface area contributed by atoms with E-state index in [1.807, 2.05) is 6.26 Å². The number of halogens is 1. The molecule has 1 unspecified atom stereocenters. The summed E-state index contributed by atoms with van der Waals surface area (Å²) in [5.74, 6) is 0.615. The minimum atomic E-state index is -0.580. The predicted octanol–water partition coefficient (Wildman–Crippen LogP) is -3.77. The van der Waals surface area contributed by atoms with Crippen LogP contribution >= 0.6 is 11.8 Å². The van der Waals surface area contributed by atoms with Gasteiger partial charge in [-0.1, -0.05) is 0 Å². The number of carbonyl (C=O) groups is 1. The van der Waals surface area contributed by atoms with Gasteiger partial charge in [0.25, 0.3) is 5.91 Å². The van der Waals surface area contributed by atoms with Crippen molar-refractivity contribution in [1.29, 1.82) is 0 Å². The number of hydrogen-bond acceptors (Lipinski definition) is 2. The minimum Gasteiger partial charge on any atom is -1.00 e. The highest BCUT2D eigenvalue weighted by atomic mass is 35.5. The van der Waals surface area contributed by atoms with Gasteiger partial charge < -0.3 is 23.9 Å². The van der Waals surface area contributed by atoms with Crippen LogP contribution in [0.1, 0.15) is 13.3 Å². The summed E-state index contributed by atoms with van der Waals surface area (Å²) in [6.45, 7) is 1.77. The maximum Gasteiger partial charge on any atom is 0.278 e. The Bertz CT molecular complexity index is 130. The maximum absolute atomic E-state index is 10.7. The number of carbonyl (C=O) groups excluding carboxylic acids is 1. The molecule has 0 aliphatic rings. The number of hydrogen-bond donors (Lipinski definition) is 2. The molecular weight excluding hydrogens is 184 g/mol. The Morgan fingerprint density at radius 1 is 1.73 bits per heavy atom. The average Bonchev–Trinajstić information content (AvgIpc) is 1.84. The van der Waals surface area contributed by atoms with Crippen LogP contribution in [-0.4, -0.2) is 23.5 Å². The molecule has 11 heavy (non-hydrogen) atoms. The molecule has 0 fully saturated rings. The summed E-state index contributed by atoms with van der Waals surface area (Å²) in [7, 11) is 0. The monoisotopic (exact) mass is 198 g/mol. The molecule has 0 bridgehead atoms. The van der Waals surface area contributed by atoms with Gasteiger partial charge in [-0.3, -0.25) is 4.79 Å². The third kappa shape index (κ3) is 5.35. The summed E-state index contributed by atoms with van der Waals surface area (Å²) >= 11 is 1.70. The number of nitrogens with two attached hydrogens (primary N) is 1. The van der Waals surface area contributed by atoms with E-state index >= 15 is 0 Å². The summed E-state index contributed by atoms with van der Waals surface area (Å²) in [4.78, 5) is 10.7. The highest BCUT2D eigenvalue weighted by Crippen LogP contribution is 2.06. The van der Waals surface area contributed by atoms with Crippen molar-refractivity contribution in [2.45, 2.75) is 18.9 Å². The van der Waals surface area contributed by atoms with E-state index in [-0.39, 0.29) is 18.3 Å². The standard InChI is InChI=1S/C6H14N2OS.ClH/c1-6(8,5(7)9)3-4-10-2;/h3-4,8H2,1-2H3,(H2,7,9);1H. The van der Waals surface area contributed by atoms with Crippen molar-refractivity contribution in [1.82, 2.24) is 0 Å². The second kappa shape index (κ2) is 5.69. The smallest absolute Gasteiger partial charge is 0.278 e. The van der Waals surface area contributed by atoms with Crippen molar-refractivity contribution in [2.75, 3.05) is 12.0 Å². The van der Waals surface area contributed by atoms with Crippen LogP contribution < -0.4 is 23.9 Å². The molecular formula is C6H15ClN2OS. The van der Waals surface area contributed by atoms with Gasteiger partial charge in [0.15, 0.2) is 5.54 Å². The van der Waals surface area contributed by atoms with Crippen LogP contribution in [0.2, 0.25) is 0 Å². The molecule has 0 saturated carbocycles. The molecule has 0 aromatic rings. The fourth-order valence-corrected chi connectivity index (χ4v) is 1.11. The fraction of sp³-hybridized carbons (Fsp3) is 0.833. The number of amides is 1. The van der Waals surface area contributed by atoms with E-state index in [1.54, 1.807) is 18.7 Å². The summed E-state index contributed by atoms with van der Waals surface area (Å²) in [6, 6.07) is 0. The molecule has 0 rings (SSSR count). The van der Waals surface area contributed by atoms with Crippen LogP contribution in [0.25, 0.3) is 0 Å². The predicted molar refractivity (Wildman–Crippen MR) is 43.5 cm³/mol. The van der Waals surface area contributed by atoms with Crippen molar-refractivity contribution in [3.8, 4) is 0 Å². The second-order valence-electron chi connectivity index (χ2n) is 2.67. The SMILES string of the molecule is CSCCC(C)([NH3+])C(N)=O.[Cl-]. The Labute approximate surface area is 77.7 Å². The van der Waals surface area contributed by atoms with Crippen LogP contribution in [-0.2, 0) is 4.79 Å². The van der Waals surface area contributed by atoms with Crippen LogP contribution in [0.5, 0.6) is 0 Å². The van der Waals surface area contributed by atoms with Crippen LogP contribution in [0.4, 0.5) is 0 Å². The first kappa shape index (κ1) is 13.6. The highest BCUT2D eigenvalue weighted by molar-refractivity contribution is 7.98. The molecule has 1 amide bonds. The van der Waals surface area contributed by atoms with E-state index in [4.69, 9.17) is 5.73 Å². The molecule has 5 heteroatoms. The molecule has 3 nitrogen and oxygen atoms in total. The third-order valence-electron chi connectivity index (χ3n) is 1.45. The van der Waals surface area contributed by atoms with E-state index in [1.165, 1.54) is 0 Å². The van der Waals surface area contributed by atoms with E-state index in [9.17, 15) is 4.79 Å². The summed E-state index contributed by atoms with van der Waals surface area (Å²) in [6.07, 6.45) is 2.75. The average molecular weight is 199 g/mol. The van der Waals surface area contributed by atoms with Crippen LogP contribution in [0.3, 0.4) is 0 Å². The molecule has 0 aliphatic carbocycles. The number of quaternary nitrogens is 1. The summed E-state index contributed by atoms with van der Waals surface area (Å²) in [5, 5.41) is 0. The fourth-order valence-electron chi connectivity index (χ4n) is 0.451. The molecule has 0 radical (unpaired) electrons. The Morgan fingerprint density at radius 3 is 2.45 bits per heavy atom. The van der Waals surface area contributed by atoms with Gasteiger partial charge in [-0.2, -0.15) is 11.8 Å². The van der Waals surface area contributed by atoms with Crippen LogP contribution in [0.15, 0.2) is 0 Å². The van der Waals surface area contributed by atoms with Crippen molar-refractivity contribution < 1.29 is 22.9 Å². The van der Waals surface area contributed by atoms with E-state index in [0.29, 0.717) is 0 Å². The third-order valence-corrected chi connectivity index (χ3v) is 2.07. The zero-order valence-corrected chi connectivity index (χ0v) is 8.47. The van der Waals surface area contributed by atoms with Gasteiger partial charge in [-0.25, -0.2) is 0 Å². The Hall–Kier alpha value is 0.0700. The lowest BCUT2D eigenvalue weighted by atomic mass is 10.0. The zero-order chi connectivity index (χ0) is 8.20. The first-order valence-corrected chi connectivity index (χ1v) is 4.54. The quantitative estimate of drug-likeness (QED) is 0.487. The van der Waals surface area contributed by atoms with Gasteiger partial charge in [0.05, 0.1) is 0 Å². The highest BCUT2D eigenvalue weighted by Gasteiger charge is 2.28. The number of thioether (sulfide) groups is 1. The summed E-state index contributed by atoms with van der Waals surface area (Å²) < 4.78 is 0. The molecule has 0 spiro atoms.